The maximum atomic E-state index is 12.2. The lowest BCUT2D eigenvalue weighted by Crippen LogP contribution is -2.13. The Morgan fingerprint density at radius 1 is 1.33 bits per heavy atom. The first-order chi connectivity index (χ1) is 10.2. The average molecular weight is 281 g/mol. The number of nitrogens with zero attached hydrogens (tertiary/aromatic N) is 2. The van der Waals surface area contributed by atoms with Crippen molar-refractivity contribution in [2.75, 3.05) is 5.32 Å². The maximum absolute atomic E-state index is 12.2. The molecule has 0 fully saturated rings. The molecular weight excluding hydrogens is 266 g/mol. The Bertz CT molecular complexity index is 809. The van der Waals surface area contributed by atoms with Crippen molar-refractivity contribution < 1.29 is 4.79 Å². The van der Waals surface area contributed by atoms with E-state index in [4.69, 9.17) is 5.73 Å². The van der Waals surface area contributed by atoms with Gasteiger partial charge in [0.2, 0.25) is 0 Å². The third-order valence-electron chi connectivity index (χ3n) is 3.15. The number of carbonyl (C=O) groups excluding carboxylic acids is 1. The van der Waals surface area contributed by atoms with Gasteiger partial charge in [-0.15, -0.1) is 0 Å². The summed E-state index contributed by atoms with van der Waals surface area (Å²) in [6.45, 7) is 2.20. The molecule has 1 amide bonds. The first-order valence-electron chi connectivity index (χ1n) is 6.58. The van der Waals surface area contributed by atoms with Crippen molar-refractivity contribution in [3.8, 4) is 0 Å². The summed E-state index contributed by atoms with van der Waals surface area (Å²) in [4.78, 5) is 23.8. The van der Waals surface area contributed by atoms with E-state index < -0.39 is 0 Å². The van der Waals surface area contributed by atoms with Gasteiger partial charge in [0.1, 0.15) is 5.82 Å². The predicted octanol–water partition coefficient (Wildman–Crippen LogP) is 1.98. The smallest absolute Gasteiger partial charge is 0.255 e. The molecule has 0 bridgehead atoms. The third kappa shape index (κ3) is 2.75. The number of carbonyl (C=O) groups is 1. The number of aromatic nitrogens is 3. The van der Waals surface area contributed by atoms with Crippen LogP contribution >= 0.6 is 0 Å². The second-order valence-electron chi connectivity index (χ2n) is 4.75. The van der Waals surface area contributed by atoms with Gasteiger partial charge in [0.05, 0.1) is 16.7 Å². The molecular formula is C15H15N5O. The highest BCUT2D eigenvalue weighted by Crippen LogP contribution is 2.17. The van der Waals surface area contributed by atoms with E-state index in [1.165, 1.54) is 0 Å². The van der Waals surface area contributed by atoms with Crippen molar-refractivity contribution in [1.82, 2.24) is 15.0 Å². The maximum Gasteiger partial charge on any atom is 0.255 e. The Morgan fingerprint density at radius 3 is 3.00 bits per heavy atom. The number of H-pyrrole nitrogens is 1. The number of benzene rings is 1. The van der Waals surface area contributed by atoms with Gasteiger partial charge in [0, 0.05) is 24.0 Å². The molecule has 0 aliphatic carbocycles. The van der Waals surface area contributed by atoms with Crippen LogP contribution in [0.1, 0.15) is 21.9 Å². The van der Waals surface area contributed by atoms with Gasteiger partial charge in [-0.25, -0.2) is 4.98 Å². The number of aryl methyl sites for hydroxylation is 1. The molecule has 21 heavy (non-hydrogen) atoms. The van der Waals surface area contributed by atoms with Crippen LogP contribution in [0.15, 0.2) is 36.5 Å². The molecule has 6 nitrogen and oxygen atoms in total. The SMILES string of the molecule is Cc1nc2ccc(NC(=O)c3ccnc(CN)c3)cc2[nH]1. The number of rotatable bonds is 3. The van der Waals surface area contributed by atoms with E-state index in [-0.39, 0.29) is 5.91 Å². The first-order valence-corrected chi connectivity index (χ1v) is 6.58. The molecule has 0 saturated carbocycles. The van der Waals surface area contributed by atoms with Crippen LogP contribution in [0.2, 0.25) is 0 Å². The lowest BCUT2D eigenvalue weighted by Gasteiger charge is -2.06. The number of hydrogen-bond acceptors (Lipinski definition) is 4. The number of hydrogen-bond donors (Lipinski definition) is 3. The van der Waals surface area contributed by atoms with Gasteiger partial charge in [-0.05, 0) is 37.3 Å². The second kappa shape index (κ2) is 5.34. The summed E-state index contributed by atoms with van der Waals surface area (Å²) in [6, 6.07) is 8.90. The van der Waals surface area contributed by atoms with Crippen LogP contribution in [0.5, 0.6) is 0 Å². The summed E-state index contributed by atoms with van der Waals surface area (Å²) < 4.78 is 0. The van der Waals surface area contributed by atoms with E-state index in [0.29, 0.717) is 23.5 Å². The molecule has 2 aromatic heterocycles. The van der Waals surface area contributed by atoms with Gasteiger partial charge in [-0.2, -0.15) is 0 Å². The van der Waals surface area contributed by atoms with Gasteiger partial charge >= 0.3 is 0 Å². The Labute approximate surface area is 121 Å². The van der Waals surface area contributed by atoms with Crippen LogP contribution in [0.3, 0.4) is 0 Å². The molecule has 3 aromatic rings. The van der Waals surface area contributed by atoms with Crippen LogP contribution in [0.4, 0.5) is 5.69 Å². The van der Waals surface area contributed by atoms with Crippen molar-refractivity contribution in [2.45, 2.75) is 13.5 Å². The van der Waals surface area contributed by atoms with E-state index in [0.717, 1.165) is 16.9 Å². The third-order valence-corrected chi connectivity index (χ3v) is 3.15. The number of anilines is 1. The Kier molecular flexibility index (Phi) is 3.37. The van der Waals surface area contributed by atoms with E-state index >= 15 is 0 Å². The van der Waals surface area contributed by atoms with Crippen molar-refractivity contribution in [1.29, 1.82) is 0 Å². The van der Waals surface area contributed by atoms with Gasteiger partial charge in [0.15, 0.2) is 0 Å². The monoisotopic (exact) mass is 281 g/mol. The minimum Gasteiger partial charge on any atom is -0.342 e. The number of nitrogens with two attached hydrogens (primary N) is 1. The normalized spacial score (nSPS) is 10.8. The molecule has 1 aromatic carbocycles. The largest absolute Gasteiger partial charge is 0.342 e. The van der Waals surface area contributed by atoms with E-state index in [9.17, 15) is 4.79 Å². The zero-order valence-corrected chi connectivity index (χ0v) is 11.6. The van der Waals surface area contributed by atoms with Crippen LogP contribution < -0.4 is 11.1 Å². The molecule has 0 aliphatic heterocycles. The highest BCUT2D eigenvalue weighted by Gasteiger charge is 2.08. The molecule has 0 saturated heterocycles. The molecule has 0 radical (unpaired) electrons. The predicted molar refractivity (Wildman–Crippen MR) is 80.9 cm³/mol. The topological polar surface area (TPSA) is 96.7 Å². The fourth-order valence-corrected chi connectivity index (χ4v) is 2.15. The Balaban J connectivity index is 1.84. The number of amides is 1. The molecule has 3 rings (SSSR count). The molecule has 0 unspecified atom stereocenters. The Morgan fingerprint density at radius 2 is 2.19 bits per heavy atom. The molecule has 0 spiro atoms. The van der Waals surface area contributed by atoms with E-state index in [2.05, 4.69) is 20.3 Å². The van der Waals surface area contributed by atoms with Gasteiger partial charge in [0.25, 0.3) is 5.91 Å². The van der Waals surface area contributed by atoms with E-state index in [1.54, 1.807) is 18.3 Å². The highest BCUT2D eigenvalue weighted by atomic mass is 16.1. The van der Waals surface area contributed by atoms with Gasteiger partial charge < -0.3 is 16.0 Å². The van der Waals surface area contributed by atoms with Crippen LogP contribution in [-0.2, 0) is 6.54 Å². The average Bonchev–Trinajstić information content (AvgIpc) is 2.86. The summed E-state index contributed by atoms with van der Waals surface area (Å²) in [5, 5.41) is 2.86. The molecule has 106 valence electrons. The minimum atomic E-state index is -0.192. The quantitative estimate of drug-likeness (QED) is 0.683. The second-order valence-corrected chi connectivity index (χ2v) is 4.75. The van der Waals surface area contributed by atoms with Crippen molar-refractivity contribution in [2.24, 2.45) is 5.73 Å². The lowest BCUT2D eigenvalue weighted by atomic mass is 10.2. The molecule has 4 N–H and O–H groups in total. The van der Waals surface area contributed by atoms with Crippen LogP contribution in [0.25, 0.3) is 11.0 Å². The number of nitrogens with one attached hydrogen (secondary N) is 2. The standard InChI is InChI=1S/C15H15N5O/c1-9-18-13-3-2-11(7-14(13)19-9)20-15(21)10-4-5-17-12(6-10)8-16/h2-7H,8,16H2,1H3,(H,18,19)(H,20,21). The number of fused-ring (bicyclic) bond motifs is 1. The lowest BCUT2D eigenvalue weighted by molar-refractivity contribution is 0.102. The van der Waals surface area contributed by atoms with E-state index in [1.807, 2.05) is 25.1 Å². The zero-order valence-electron chi connectivity index (χ0n) is 11.6. The van der Waals surface area contributed by atoms with Crippen LogP contribution in [-0.4, -0.2) is 20.9 Å². The van der Waals surface area contributed by atoms with Crippen molar-refractivity contribution in [3.63, 3.8) is 0 Å². The highest BCUT2D eigenvalue weighted by molar-refractivity contribution is 6.04. The Hall–Kier alpha value is -2.73. The molecule has 6 heteroatoms. The van der Waals surface area contributed by atoms with Crippen molar-refractivity contribution >= 4 is 22.6 Å². The van der Waals surface area contributed by atoms with Gasteiger partial charge in [-0.3, -0.25) is 9.78 Å². The zero-order chi connectivity index (χ0) is 14.8. The number of pyridine rings is 1. The summed E-state index contributed by atoms with van der Waals surface area (Å²) in [5.41, 5.74) is 9.22. The molecule has 2 heterocycles. The summed E-state index contributed by atoms with van der Waals surface area (Å²) in [6.07, 6.45) is 1.58. The summed E-state index contributed by atoms with van der Waals surface area (Å²) in [5.74, 6) is 0.651. The fourth-order valence-electron chi connectivity index (χ4n) is 2.15. The summed E-state index contributed by atoms with van der Waals surface area (Å²) >= 11 is 0. The number of aromatic amines is 1. The van der Waals surface area contributed by atoms with Crippen LogP contribution in [0, 0.1) is 6.92 Å². The van der Waals surface area contributed by atoms with Crippen molar-refractivity contribution in [3.05, 3.63) is 53.6 Å². The first kappa shape index (κ1) is 13.3. The van der Waals surface area contributed by atoms with Gasteiger partial charge in [-0.1, -0.05) is 0 Å². The molecule has 0 aliphatic rings. The number of imidazole rings is 1. The summed E-state index contributed by atoms with van der Waals surface area (Å²) in [7, 11) is 0. The fraction of sp³-hybridized carbons (Fsp3) is 0.133. The minimum absolute atomic E-state index is 0.192. The molecule has 0 atom stereocenters.